The second-order valence-corrected chi connectivity index (χ2v) is 6.59. The topological polar surface area (TPSA) is 26.0 Å². The van der Waals surface area contributed by atoms with Crippen molar-refractivity contribution in [2.24, 2.45) is 5.73 Å². The van der Waals surface area contributed by atoms with Gasteiger partial charge in [0.25, 0.3) is 0 Å². The third-order valence-electron chi connectivity index (χ3n) is 4.61. The third-order valence-corrected chi connectivity index (χ3v) is 5.05. The molecule has 0 spiro atoms. The van der Waals surface area contributed by atoms with Gasteiger partial charge in [0.15, 0.2) is 0 Å². The zero-order valence-electron chi connectivity index (χ0n) is 13.1. The van der Waals surface area contributed by atoms with Crippen LogP contribution in [0.15, 0.2) is 18.2 Å². The maximum absolute atomic E-state index is 6.53. The van der Waals surface area contributed by atoms with E-state index < -0.39 is 0 Å². The van der Waals surface area contributed by atoms with E-state index in [-0.39, 0.29) is 6.04 Å². The lowest BCUT2D eigenvalue weighted by Crippen LogP contribution is -2.17. The highest BCUT2D eigenvalue weighted by Gasteiger charge is 2.19. The predicted octanol–water partition coefficient (Wildman–Crippen LogP) is 5.58. The monoisotopic (exact) mass is 321 g/mol. The molecule has 0 aromatic heterocycles. The molecule has 0 saturated carbocycles. The highest BCUT2D eigenvalue weighted by Crippen LogP contribution is 2.34. The van der Waals surface area contributed by atoms with Crippen molar-refractivity contribution in [2.75, 3.05) is 0 Å². The van der Waals surface area contributed by atoms with Crippen LogP contribution in [0.1, 0.15) is 45.0 Å². The second-order valence-electron chi connectivity index (χ2n) is 5.72. The first-order valence-electron chi connectivity index (χ1n) is 7.02. The first-order chi connectivity index (χ1) is 9.73. The molecule has 1 atom stereocenters. The fraction of sp³-hybridized carbons (Fsp3) is 0.333. The fourth-order valence-electron chi connectivity index (χ4n) is 2.92. The summed E-state index contributed by atoms with van der Waals surface area (Å²) in [5, 5.41) is 1.23. The summed E-state index contributed by atoms with van der Waals surface area (Å²) in [4.78, 5) is 0. The normalized spacial score (nSPS) is 12.6. The summed E-state index contributed by atoms with van der Waals surface area (Å²) >= 11 is 12.2. The minimum Gasteiger partial charge on any atom is -0.320 e. The van der Waals surface area contributed by atoms with Gasteiger partial charge in [0.1, 0.15) is 0 Å². The molecule has 2 aromatic rings. The van der Waals surface area contributed by atoms with Crippen LogP contribution in [-0.2, 0) is 0 Å². The average Bonchev–Trinajstić information content (AvgIpc) is 2.42. The van der Waals surface area contributed by atoms with Crippen molar-refractivity contribution in [3.8, 4) is 0 Å². The Bertz CT molecular complexity index is 656. The zero-order chi connectivity index (χ0) is 15.9. The minimum atomic E-state index is -0.223. The van der Waals surface area contributed by atoms with Gasteiger partial charge in [0, 0.05) is 10.0 Å². The van der Waals surface area contributed by atoms with Gasteiger partial charge in [-0.3, -0.25) is 0 Å². The lowest BCUT2D eigenvalue weighted by molar-refractivity contribution is 0.843. The molecule has 0 saturated heterocycles. The summed E-state index contributed by atoms with van der Waals surface area (Å²) in [6.45, 7) is 10.7. The molecule has 0 aliphatic rings. The fourth-order valence-corrected chi connectivity index (χ4v) is 3.46. The summed E-state index contributed by atoms with van der Waals surface area (Å²) < 4.78 is 0. The molecule has 1 unspecified atom stereocenters. The van der Waals surface area contributed by atoms with E-state index in [0.29, 0.717) is 10.0 Å². The lowest BCUT2D eigenvalue weighted by Gasteiger charge is -2.23. The summed E-state index contributed by atoms with van der Waals surface area (Å²) in [6.07, 6.45) is 0. The van der Waals surface area contributed by atoms with Crippen molar-refractivity contribution < 1.29 is 0 Å². The molecule has 21 heavy (non-hydrogen) atoms. The Morgan fingerprint density at radius 1 is 0.714 bits per heavy atom. The number of hydrogen-bond acceptors (Lipinski definition) is 1. The van der Waals surface area contributed by atoms with Crippen LogP contribution in [0, 0.1) is 34.6 Å². The maximum Gasteiger partial charge on any atom is 0.0558 e. The number of hydrogen-bond donors (Lipinski definition) is 1. The van der Waals surface area contributed by atoms with E-state index in [9.17, 15) is 0 Å². The average molecular weight is 322 g/mol. The molecule has 0 radical (unpaired) electrons. The molecule has 112 valence electrons. The Hall–Kier alpha value is -1.02. The van der Waals surface area contributed by atoms with Crippen LogP contribution in [0.5, 0.6) is 0 Å². The van der Waals surface area contributed by atoms with Gasteiger partial charge in [-0.05, 0) is 91.8 Å². The smallest absolute Gasteiger partial charge is 0.0558 e. The maximum atomic E-state index is 6.53. The van der Waals surface area contributed by atoms with Gasteiger partial charge in [-0.2, -0.15) is 0 Å². The van der Waals surface area contributed by atoms with E-state index in [1.54, 1.807) is 6.07 Å². The van der Waals surface area contributed by atoms with Gasteiger partial charge >= 0.3 is 0 Å². The molecule has 0 bridgehead atoms. The molecular weight excluding hydrogens is 301 g/mol. The van der Waals surface area contributed by atoms with Gasteiger partial charge in [-0.1, -0.05) is 23.2 Å². The quantitative estimate of drug-likeness (QED) is 0.767. The van der Waals surface area contributed by atoms with Crippen molar-refractivity contribution in [3.63, 3.8) is 0 Å². The molecule has 2 rings (SSSR count). The molecule has 0 heterocycles. The Labute approximate surface area is 137 Å². The summed E-state index contributed by atoms with van der Waals surface area (Å²) in [6, 6.07) is 5.28. The Morgan fingerprint density at radius 2 is 1.10 bits per heavy atom. The van der Waals surface area contributed by atoms with Crippen molar-refractivity contribution in [2.45, 2.75) is 40.7 Å². The standard InChI is InChI=1S/C18H21Cl2N/c1-9-10(2)12(4)17(13(5)11(9)3)18(21)14-6-15(19)8-16(20)7-14/h6-8,18H,21H2,1-5H3. The van der Waals surface area contributed by atoms with E-state index >= 15 is 0 Å². The van der Waals surface area contributed by atoms with Crippen LogP contribution in [0.3, 0.4) is 0 Å². The van der Waals surface area contributed by atoms with Crippen molar-refractivity contribution in [3.05, 3.63) is 67.2 Å². The van der Waals surface area contributed by atoms with E-state index in [1.807, 2.05) is 12.1 Å². The third kappa shape index (κ3) is 2.96. The summed E-state index contributed by atoms with van der Waals surface area (Å²) in [5.74, 6) is 0. The van der Waals surface area contributed by atoms with Gasteiger partial charge < -0.3 is 5.73 Å². The number of halogens is 2. The summed E-state index contributed by atoms with van der Waals surface area (Å²) in [5.41, 5.74) is 15.1. The predicted molar refractivity (Wildman–Crippen MR) is 92.6 cm³/mol. The van der Waals surface area contributed by atoms with E-state index in [0.717, 1.165) is 5.56 Å². The number of benzene rings is 2. The van der Waals surface area contributed by atoms with Crippen molar-refractivity contribution in [1.82, 2.24) is 0 Å². The SMILES string of the molecule is Cc1c(C)c(C)c(C(N)c2cc(Cl)cc(Cl)c2)c(C)c1C. The van der Waals surface area contributed by atoms with Gasteiger partial charge in [0.05, 0.1) is 6.04 Å². The molecule has 3 heteroatoms. The largest absolute Gasteiger partial charge is 0.320 e. The molecule has 0 aliphatic heterocycles. The number of rotatable bonds is 2. The van der Waals surface area contributed by atoms with Crippen LogP contribution >= 0.6 is 23.2 Å². The Kier molecular flexibility index (Phi) is 4.67. The molecule has 1 nitrogen and oxygen atoms in total. The van der Waals surface area contributed by atoms with Gasteiger partial charge in [-0.25, -0.2) is 0 Å². The Balaban J connectivity index is 2.66. The van der Waals surface area contributed by atoms with Crippen LogP contribution in [-0.4, -0.2) is 0 Å². The van der Waals surface area contributed by atoms with E-state index in [1.165, 1.54) is 33.4 Å². The first-order valence-corrected chi connectivity index (χ1v) is 7.78. The van der Waals surface area contributed by atoms with E-state index in [2.05, 4.69) is 34.6 Å². The first kappa shape index (κ1) is 16.4. The van der Waals surface area contributed by atoms with Crippen LogP contribution in [0.4, 0.5) is 0 Å². The molecule has 0 fully saturated rings. The van der Waals surface area contributed by atoms with E-state index in [4.69, 9.17) is 28.9 Å². The molecular formula is C18H21Cl2N. The van der Waals surface area contributed by atoms with Gasteiger partial charge in [0.2, 0.25) is 0 Å². The van der Waals surface area contributed by atoms with Crippen LogP contribution < -0.4 is 5.73 Å². The van der Waals surface area contributed by atoms with Crippen molar-refractivity contribution in [1.29, 1.82) is 0 Å². The van der Waals surface area contributed by atoms with Gasteiger partial charge in [-0.15, -0.1) is 0 Å². The van der Waals surface area contributed by atoms with Crippen LogP contribution in [0.25, 0.3) is 0 Å². The highest BCUT2D eigenvalue weighted by molar-refractivity contribution is 6.34. The van der Waals surface area contributed by atoms with Crippen molar-refractivity contribution >= 4 is 23.2 Å². The molecule has 0 aliphatic carbocycles. The molecule has 2 N–H and O–H groups in total. The highest BCUT2D eigenvalue weighted by atomic mass is 35.5. The second kappa shape index (κ2) is 6.00. The Morgan fingerprint density at radius 3 is 1.52 bits per heavy atom. The summed E-state index contributed by atoms with van der Waals surface area (Å²) in [7, 11) is 0. The lowest BCUT2D eigenvalue weighted by atomic mass is 9.84. The minimum absolute atomic E-state index is 0.223. The molecule has 2 aromatic carbocycles. The number of nitrogens with two attached hydrogens (primary N) is 1. The molecule has 0 amide bonds. The van der Waals surface area contributed by atoms with Crippen LogP contribution in [0.2, 0.25) is 10.0 Å². The zero-order valence-corrected chi connectivity index (χ0v) is 14.7.